The van der Waals surface area contributed by atoms with Gasteiger partial charge in [0.1, 0.15) is 0 Å². The van der Waals surface area contributed by atoms with E-state index in [0.717, 1.165) is 19.4 Å². The van der Waals surface area contributed by atoms with Crippen molar-refractivity contribution in [3.8, 4) is 0 Å². The van der Waals surface area contributed by atoms with Crippen LogP contribution in [0.1, 0.15) is 12.8 Å². The third-order valence-corrected chi connectivity index (χ3v) is 4.96. The van der Waals surface area contributed by atoms with Gasteiger partial charge in [0.05, 0.1) is 0 Å². The first-order valence-electron chi connectivity index (χ1n) is 5.42. The van der Waals surface area contributed by atoms with Gasteiger partial charge in [-0.2, -0.15) is 4.31 Å². The van der Waals surface area contributed by atoms with E-state index in [2.05, 4.69) is 5.32 Å². The monoisotopic (exact) mass is 248 g/mol. The maximum Gasteiger partial charge on any atom is 0.320 e. The van der Waals surface area contributed by atoms with Crippen LogP contribution in [0, 0.1) is 5.92 Å². The molecule has 2 aliphatic rings. The number of aliphatic carboxylic acids is 1. The van der Waals surface area contributed by atoms with Crippen LogP contribution in [-0.2, 0) is 14.8 Å². The third kappa shape index (κ3) is 2.36. The highest BCUT2D eigenvalue weighted by Gasteiger charge is 2.40. The number of sulfonamides is 1. The van der Waals surface area contributed by atoms with Gasteiger partial charge >= 0.3 is 5.97 Å². The number of piperidine rings is 1. The van der Waals surface area contributed by atoms with E-state index in [1.54, 1.807) is 0 Å². The number of hydrogen-bond acceptors (Lipinski definition) is 4. The second-order valence-electron chi connectivity index (χ2n) is 4.43. The van der Waals surface area contributed by atoms with Gasteiger partial charge in [0.2, 0.25) is 10.0 Å². The van der Waals surface area contributed by atoms with Crippen LogP contribution < -0.4 is 5.32 Å². The molecule has 2 aliphatic heterocycles. The van der Waals surface area contributed by atoms with E-state index in [1.807, 2.05) is 0 Å². The smallest absolute Gasteiger partial charge is 0.320 e. The molecule has 7 heteroatoms. The molecule has 0 amide bonds. The van der Waals surface area contributed by atoms with Gasteiger partial charge in [-0.3, -0.25) is 4.79 Å². The average molecular weight is 248 g/mol. The van der Waals surface area contributed by atoms with Crippen molar-refractivity contribution < 1.29 is 18.3 Å². The van der Waals surface area contributed by atoms with Crippen molar-refractivity contribution in [1.82, 2.24) is 9.62 Å². The van der Waals surface area contributed by atoms with Crippen LogP contribution in [0.3, 0.4) is 0 Å². The summed E-state index contributed by atoms with van der Waals surface area (Å²) in [5.74, 6) is -1.74. The highest BCUT2D eigenvalue weighted by molar-refractivity contribution is 7.89. The van der Waals surface area contributed by atoms with Crippen molar-refractivity contribution in [3.63, 3.8) is 0 Å². The van der Waals surface area contributed by atoms with Crippen LogP contribution in [0.4, 0.5) is 0 Å². The van der Waals surface area contributed by atoms with Crippen LogP contribution in [0.5, 0.6) is 0 Å². The van der Waals surface area contributed by atoms with Crippen molar-refractivity contribution in [3.05, 3.63) is 0 Å². The Morgan fingerprint density at radius 1 is 1.44 bits per heavy atom. The van der Waals surface area contributed by atoms with Crippen molar-refractivity contribution in [2.75, 3.05) is 25.4 Å². The Kier molecular flexibility index (Phi) is 3.18. The fourth-order valence-corrected chi connectivity index (χ4v) is 3.78. The topological polar surface area (TPSA) is 86.7 Å². The maximum atomic E-state index is 11.7. The minimum atomic E-state index is -3.62. The zero-order chi connectivity index (χ0) is 11.8. The van der Waals surface area contributed by atoms with Crippen molar-refractivity contribution >= 4 is 16.0 Å². The second kappa shape index (κ2) is 4.31. The highest BCUT2D eigenvalue weighted by Crippen LogP contribution is 2.26. The molecule has 6 nitrogen and oxygen atoms in total. The van der Waals surface area contributed by atoms with E-state index >= 15 is 0 Å². The van der Waals surface area contributed by atoms with Gasteiger partial charge in [0.15, 0.2) is 5.75 Å². The summed E-state index contributed by atoms with van der Waals surface area (Å²) in [7, 11) is -3.62. The van der Waals surface area contributed by atoms with Crippen molar-refractivity contribution in [2.45, 2.75) is 18.9 Å². The lowest BCUT2D eigenvalue weighted by atomic mass is 9.94. The lowest BCUT2D eigenvalue weighted by Gasteiger charge is -2.24. The number of carboxylic acids is 1. The van der Waals surface area contributed by atoms with E-state index < -0.39 is 21.7 Å². The van der Waals surface area contributed by atoms with Gasteiger partial charge in [-0.1, -0.05) is 0 Å². The van der Waals surface area contributed by atoms with Crippen molar-refractivity contribution in [1.29, 1.82) is 0 Å². The van der Waals surface area contributed by atoms with Gasteiger partial charge in [0.25, 0.3) is 0 Å². The van der Waals surface area contributed by atoms with E-state index in [4.69, 9.17) is 5.11 Å². The minimum Gasteiger partial charge on any atom is -0.480 e. The molecule has 0 aliphatic carbocycles. The second-order valence-corrected chi connectivity index (χ2v) is 6.40. The number of nitrogens with one attached hydrogen (secondary N) is 1. The number of nitrogens with zero attached hydrogens (tertiary/aromatic N) is 1. The molecule has 2 rings (SSSR count). The Bertz CT molecular complexity index is 367. The molecule has 0 aromatic rings. The van der Waals surface area contributed by atoms with Crippen molar-refractivity contribution in [2.24, 2.45) is 5.92 Å². The van der Waals surface area contributed by atoms with Gasteiger partial charge < -0.3 is 10.4 Å². The van der Waals surface area contributed by atoms with Crippen LogP contribution in [0.25, 0.3) is 0 Å². The summed E-state index contributed by atoms with van der Waals surface area (Å²) < 4.78 is 24.7. The summed E-state index contributed by atoms with van der Waals surface area (Å²) in [6.07, 6.45) is 2.09. The molecule has 16 heavy (non-hydrogen) atoms. The maximum absolute atomic E-state index is 11.7. The number of fused-ring (bicyclic) bond motifs is 1. The first-order chi connectivity index (χ1) is 7.49. The predicted molar refractivity (Wildman–Crippen MR) is 57.5 cm³/mol. The fraction of sp³-hybridized carbons (Fsp3) is 0.889. The van der Waals surface area contributed by atoms with Crippen LogP contribution in [-0.4, -0.2) is 55.2 Å². The molecule has 0 saturated carbocycles. The zero-order valence-electron chi connectivity index (χ0n) is 8.92. The molecule has 92 valence electrons. The Labute approximate surface area is 94.7 Å². The zero-order valence-corrected chi connectivity index (χ0v) is 9.74. The Morgan fingerprint density at radius 2 is 2.19 bits per heavy atom. The Morgan fingerprint density at radius 3 is 2.81 bits per heavy atom. The molecule has 0 aromatic heterocycles. The van der Waals surface area contributed by atoms with E-state index in [1.165, 1.54) is 4.31 Å². The summed E-state index contributed by atoms with van der Waals surface area (Å²) in [5.41, 5.74) is 0. The van der Waals surface area contributed by atoms with Gasteiger partial charge in [-0.15, -0.1) is 0 Å². The van der Waals surface area contributed by atoms with E-state index in [0.29, 0.717) is 19.0 Å². The first-order valence-corrected chi connectivity index (χ1v) is 7.03. The first kappa shape index (κ1) is 11.8. The number of carboxylic acid groups (broad SMARTS) is 1. The van der Waals surface area contributed by atoms with E-state index in [9.17, 15) is 13.2 Å². The van der Waals surface area contributed by atoms with Crippen LogP contribution >= 0.6 is 0 Å². The summed E-state index contributed by atoms with van der Waals surface area (Å²) in [6.45, 7) is 1.81. The van der Waals surface area contributed by atoms with Gasteiger partial charge in [0, 0.05) is 19.1 Å². The van der Waals surface area contributed by atoms with E-state index in [-0.39, 0.29) is 6.04 Å². The summed E-state index contributed by atoms with van der Waals surface area (Å²) in [6, 6.07) is 0.206. The van der Waals surface area contributed by atoms with Crippen LogP contribution in [0.2, 0.25) is 0 Å². The number of rotatable bonds is 3. The SMILES string of the molecule is O=C(O)CS(=O)(=O)N1CC2CCCNC2C1. The molecule has 2 unspecified atom stereocenters. The predicted octanol–water partition coefficient (Wildman–Crippen LogP) is -0.915. The number of carbonyl (C=O) groups is 1. The molecule has 0 bridgehead atoms. The molecule has 0 spiro atoms. The highest BCUT2D eigenvalue weighted by atomic mass is 32.2. The standard InChI is InChI=1S/C9H16N2O4S/c12-9(13)6-16(14,15)11-4-7-2-1-3-10-8(7)5-11/h7-8,10H,1-6H2,(H,12,13). The normalized spacial score (nSPS) is 31.2. The summed E-state index contributed by atoms with van der Waals surface area (Å²) in [4.78, 5) is 10.5. The number of hydrogen-bond donors (Lipinski definition) is 2. The molecule has 2 heterocycles. The molecule has 0 radical (unpaired) electrons. The van der Waals surface area contributed by atoms with Crippen LogP contribution in [0.15, 0.2) is 0 Å². The summed E-state index contributed by atoms with van der Waals surface area (Å²) >= 11 is 0. The molecular weight excluding hydrogens is 232 g/mol. The average Bonchev–Trinajstić information content (AvgIpc) is 2.59. The third-order valence-electron chi connectivity index (χ3n) is 3.26. The van der Waals surface area contributed by atoms with Gasteiger partial charge in [-0.25, -0.2) is 8.42 Å². The quantitative estimate of drug-likeness (QED) is 0.675. The molecule has 2 saturated heterocycles. The molecule has 2 fully saturated rings. The minimum absolute atomic E-state index is 0.206. The lowest BCUT2D eigenvalue weighted by molar-refractivity contribution is -0.134. The molecule has 2 N–H and O–H groups in total. The Hall–Kier alpha value is -0.660. The Balaban J connectivity index is 2.04. The molecule has 0 aromatic carbocycles. The fourth-order valence-electron chi connectivity index (χ4n) is 2.48. The lowest BCUT2D eigenvalue weighted by Crippen LogP contribution is -2.41. The molecule has 2 atom stereocenters. The largest absolute Gasteiger partial charge is 0.480 e. The molecular formula is C9H16N2O4S. The summed E-state index contributed by atoms with van der Waals surface area (Å²) in [5, 5.41) is 11.8. The van der Waals surface area contributed by atoms with Gasteiger partial charge in [-0.05, 0) is 25.3 Å².